The minimum absolute atomic E-state index is 0.0781. The number of carbonyl (C=O) groups excluding carboxylic acids is 1. The molecule has 1 saturated carbocycles. The van der Waals surface area contributed by atoms with Crippen molar-refractivity contribution in [2.45, 2.75) is 38.5 Å². The topological polar surface area (TPSA) is 38.3 Å². The van der Waals surface area contributed by atoms with E-state index in [9.17, 15) is 13.6 Å². The Morgan fingerprint density at radius 3 is 2.26 bits per heavy atom. The van der Waals surface area contributed by atoms with Crippen molar-refractivity contribution in [1.82, 2.24) is 5.32 Å². The molecular weight excluding hydrogens is 300 g/mol. The fraction of sp³-hybridized carbons (Fsp3) is 0.611. The lowest BCUT2D eigenvalue weighted by molar-refractivity contribution is -0.140. The van der Waals surface area contributed by atoms with E-state index in [1.807, 2.05) is 0 Å². The summed E-state index contributed by atoms with van der Waals surface area (Å²) >= 11 is 0. The molecule has 2 aliphatic rings. The van der Waals surface area contributed by atoms with Crippen molar-refractivity contribution in [3.05, 3.63) is 29.8 Å². The van der Waals surface area contributed by atoms with Crippen LogP contribution in [-0.4, -0.2) is 19.1 Å². The van der Waals surface area contributed by atoms with E-state index < -0.39 is 11.6 Å². The predicted molar refractivity (Wildman–Crippen MR) is 83.0 cm³/mol. The zero-order valence-electron chi connectivity index (χ0n) is 13.2. The van der Waals surface area contributed by atoms with E-state index in [1.165, 1.54) is 18.9 Å². The minimum Gasteiger partial charge on any atom is -0.426 e. The number of hydrogen-bond acceptors (Lipinski definition) is 3. The molecule has 1 saturated heterocycles. The maximum atomic E-state index is 13.2. The SMILES string of the molecule is O=C(Oc1ccc(F)c(F)c1)C1CCC(C2CCNCC2)CC1. The van der Waals surface area contributed by atoms with Gasteiger partial charge in [-0.2, -0.15) is 0 Å². The van der Waals surface area contributed by atoms with Gasteiger partial charge in [0.2, 0.25) is 0 Å². The molecule has 1 heterocycles. The summed E-state index contributed by atoms with van der Waals surface area (Å²) < 4.78 is 31.3. The third-order valence-electron chi connectivity index (χ3n) is 5.27. The van der Waals surface area contributed by atoms with Crippen molar-refractivity contribution in [3.63, 3.8) is 0 Å². The van der Waals surface area contributed by atoms with Gasteiger partial charge in [-0.3, -0.25) is 4.79 Å². The number of hydrogen-bond donors (Lipinski definition) is 1. The summed E-state index contributed by atoms with van der Waals surface area (Å²) in [5, 5.41) is 3.39. The zero-order chi connectivity index (χ0) is 16.2. The lowest BCUT2D eigenvalue weighted by atomic mass is 9.73. The Bertz CT molecular complexity index is 550. The number of piperidine rings is 1. The summed E-state index contributed by atoms with van der Waals surface area (Å²) in [6.07, 6.45) is 6.24. The molecule has 1 N–H and O–H groups in total. The van der Waals surface area contributed by atoms with Crippen LogP contribution in [0.25, 0.3) is 0 Å². The maximum absolute atomic E-state index is 13.2. The van der Waals surface area contributed by atoms with E-state index in [2.05, 4.69) is 5.32 Å². The minimum atomic E-state index is -0.995. The summed E-state index contributed by atoms with van der Waals surface area (Å²) in [7, 11) is 0. The van der Waals surface area contributed by atoms with Gasteiger partial charge in [0.15, 0.2) is 11.6 Å². The fourth-order valence-corrected chi connectivity index (χ4v) is 3.88. The Hall–Kier alpha value is -1.49. The average Bonchev–Trinajstić information content (AvgIpc) is 2.59. The highest BCUT2D eigenvalue weighted by Gasteiger charge is 2.32. The number of halogens is 2. The third kappa shape index (κ3) is 4.08. The van der Waals surface area contributed by atoms with Gasteiger partial charge in [0.05, 0.1) is 5.92 Å². The van der Waals surface area contributed by atoms with E-state index in [0.717, 1.165) is 56.8 Å². The van der Waals surface area contributed by atoms with E-state index >= 15 is 0 Å². The van der Waals surface area contributed by atoms with Gasteiger partial charge in [0, 0.05) is 6.07 Å². The molecule has 0 aromatic heterocycles. The van der Waals surface area contributed by atoms with Crippen LogP contribution in [0.5, 0.6) is 5.75 Å². The van der Waals surface area contributed by atoms with Crippen LogP contribution in [0.1, 0.15) is 38.5 Å². The maximum Gasteiger partial charge on any atom is 0.314 e. The molecule has 1 aromatic rings. The zero-order valence-corrected chi connectivity index (χ0v) is 13.2. The monoisotopic (exact) mass is 323 g/mol. The number of carbonyl (C=O) groups is 1. The Balaban J connectivity index is 1.50. The van der Waals surface area contributed by atoms with E-state index in [1.54, 1.807) is 0 Å². The molecule has 0 atom stereocenters. The molecule has 0 amide bonds. The number of ether oxygens (including phenoxy) is 1. The molecule has 3 nitrogen and oxygen atoms in total. The molecule has 1 aromatic carbocycles. The first-order valence-electron chi connectivity index (χ1n) is 8.51. The number of rotatable bonds is 3. The molecule has 0 radical (unpaired) electrons. The van der Waals surface area contributed by atoms with Gasteiger partial charge in [-0.05, 0) is 75.6 Å². The highest BCUT2D eigenvalue weighted by molar-refractivity contribution is 5.75. The van der Waals surface area contributed by atoms with E-state index in [4.69, 9.17) is 4.74 Å². The second-order valence-corrected chi connectivity index (χ2v) is 6.70. The Morgan fingerprint density at radius 2 is 1.61 bits per heavy atom. The standard InChI is InChI=1S/C18H23F2NO2/c19-16-6-5-15(11-17(16)20)23-18(22)14-3-1-12(2-4-14)13-7-9-21-10-8-13/h5-6,11-14,21H,1-4,7-10H2. The highest BCUT2D eigenvalue weighted by atomic mass is 19.2. The summed E-state index contributed by atoms with van der Waals surface area (Å²) in [5.74, 6) is -0.809. The molecule has 0 unspecified atom stereocenters. The van der Waals surface area contributed by atoms with Crippen molar-refractivity contribution in [3.8, 4) is 5.75 Å². The molecule has 126 valence electrons. The molecule has 23 heavy (non-hydrogen) atoms. The van der Waals surface area contributed by atoms with Crippen LogP contribution in [-0.2, 0) is 4.79 Å². The average molecular weight is 323 g/mol. The Labute approximate surface area is 135 Å². The van der Waals surface area contributed by atoms with Gasteiger partial charge < -0.3 is 10.1 Å². The predicted octanol–water partition coefficient (Wildman–Crippen LogP) is 3.68. The van der Waals surface area contributed by atoms with Gasteiger partial charge in [-0.15, -0.1) is 0 Å². The van der Waals surface area contributed by atoms with Crippen LogP contribution in [0, 0.1) is 29.4 Å². The summed E-state index contributed by atoms with van der Waals surface area (Å²) in [4.78, 5) is 12.2. The largest absolute Gasteiger partial charge is 0.426 e. The van der Waals surface area contributed by atoms with Crippen LogP contribution in [0.15, 0.2) is 18.2 Å². The van der Waals surface area contributed by atoms with Crippen molar-refractivity contribution in [1.29, 1.82) is 0 Å². The van der Waals surface area contributed by atoms with Crippen molar-refractivity contribution in [2.24, 2.45) is 17.8 Å². The molecule has 0 bridgehead atoms. The highest BCUT2D eigenvalue weighted by Crippen LogP contribution is 2.37. The number of nitrogens with one attached hydrogen (secondary N) is 1. The fourth-order valence-electron chi connectivity index (χ4n) is 3.88. The first kappa shape index (κ1) is 16.4. The lowest BCUT2D eigenvalue weighted by Crippen LogP contribution is -2.34. The molecule has 3 rings (SSSR count). The summed E-state index contributed by atoms with van der Waals surface area (Å²) in [5.41, 5.74) is 0. The van der Waals surface area contributed by atoms with Crippen LogP contribution in [0.2, 0.25) is 0 Å². The molecule has 1 aliphatic carbocycles. The second kappa shape index (κ2) is 7.39. The van der Waals surface area contributed by atoms with Gasteiger partial charge in [-0.1, -0.05) is 0 Å². The second-order valence-electron chi connectivity index (χ2n) is 6.70. The number of esters is 1. The van der Waals surface area contributed by atoms with Crippen LogP contribution < -0.4 is 10.1 Å². The van der Waals surface area contributed by atoms with Crippen LogP contribution in [0.3, 0.4) is 0 Å². The molecule has 2 fully saturated rings. The smallest absolute Gasteiger partial charge is 0.314 e. The van der Waals surface area contributed by atoms with Crippen LogP contribution >= 0.6 is 0 Å². The Kier molecular flexibility index (Phi) is 5.26. The van der Waals surface area contributed by atoms with Crippen LogP contribution in [0.4, 0.5) is 8.78 Å². The van der Waals surface area contributed by atoms with E-state index in [0.29, 0.717) is 5.92 Å². The molecule has 0 spiro atoms. The normalized spacial score (nSPS) is 26.0. The summed E-state index contributed by atoms with van der Waals surface area (Å²) in [6, 6.07) is 3.19. The van der Waals surface area contributed by atoms with Crippen molar-refractivity contribution in [2.75, 3.05) is 13.1 Å². The van der Waals surface area contributed by atoms with E-state index in [-0.39, 0.29) is 17.6 Å². The quantitative estimate of drug-likeness (QED) is 0.681. The first-order chi connectivity index (χ1) is 11.1. The lowest BCUT2D eigenvalue weighted by Gasteiger charge is -2.35. The van der Waals surface area contributed by atoms with Crippen molar-refractivity contribution < 1.29 is 18.3 Å². The first-order valence-corrected chi connectivity index (χ1v) is 8.51. The summed E-state index contributed by atoms with van der Waals surface area (Å²) in [6.45, 7) is 2.20. The third-order valence-corrected chi connectivity index (χ3v) is 5.27. The Morgan fingerprint density at radius 1 is 0.957 bits per heavy atom. The molecule has 5 heteroatoms. The molecule has 1 aliphatic heterocycles. The van der Waals surface area contributed by atoms with Gasteiger partial charge in [0.25, 0.3) is 0 Å². The van der Waals surface area contributed by atoms with Gasteiger partial charge in [-0.25, -0.2) is 8.78 Å². The number of benzene rings is 1. The van der Waals surface area contributed by atoms with Gasteiger partial charge >= 0.3 is 5.97 Å². The van der Waals surface area contributed by atoms with Gasteiger partial charge in [0.1, 0.15) is 5.75 Å². The molecular formula is C18H23F2NO2. The van der Waals surface area contributed by atoms with Crippen molar-refractivity contribution >= 4 is 5.97 Å².